The summed E-state index contributed by atoms with van der Waals surface area (Å²) in [5.74, 6) is 0.313. The van der Waals surface area contributed by atoms with Gasteiger partial charge in [0.25, 0.3) is 5.91 Å². The zero-order valence-electron chi connectivity index (χ0n) is 15.8. The van der Waals surface area contributed by atoms with E-state index in [4.69, 9.17) is 9.47 Å². The second kappa shape index (κ2) is 7.46. The van der Waals surface area contributed by atoms with E-state index in [2.05, 4.69) is 10.6 Å². The number of hydrogen-bond acceptors (Lipinski definition) is 5. The van der Waals surface area contributed by atoms with Gasteiger partial charge in [-0.1, -0.05) is 19.8 Å². The maximum Gasteiger partial charge on any atom is 0.325 e. The minimum atomic E-state index is -0.862. The summed E-state index contributed by atoms with van der Waals surface area (Å²) in [7, 11) is 3.03. The van der Waals surface area contributed by atoms with Gasteiger partial charge in [0.2, 0.25) is 5.91 Å². The number of ether oxygens (including phenoxy) is 2. The summed E-state index contributed by atoms with van der Waals surface area (Å²) in [6, 6.07) is 4.44. The van der Waals surface area contributed by atoms with Crippen LogP contribution in [0.4, 0.5) is 10.5 Å². The number of imide groups is 1. The van der Waals surface area contributed by atoms with Gasteiger partial charge in [-0.3, -0.25) is 14.5 Å². The highest BCUT2D eigenvalue weighted by molar-refractivity contribution is 6.10. The quantitative estimate of drug-likeness (QED) is 0.769. The van der Waals surface area contributed by atoms with E-state index in [1.54, 1.807) is 18.2 Å². The van der Waals surface area contributed by atoms with E-state index >= 15 is 0 Å². The van der Waals surface area contributed by atoms with Crippen LogP contribution in [0.1, 0.15) is 32.6 Å². The van der Waals surface area contributed by atoms with Gasteiger partial charge in [-0.25, -0.2) is 4.79 Å². The first-order valence-corrected chi connectivity index (χ1v) is 9.07. The first-order valence-electron chi connectivity index (χ1n) is 9.07. The Bertz CT molecular complexity index is 766. The molecule has 0 aromatic heterocycles. The highest BCUT2D eigenvalue weighted by Gasteiger charge is 2.55. The SMILES string of the molecule is COc1ccc(NC(=O)CN2C(=O)N[C@]3(CCCC[C@H]3C)C2=O)cc1OC. The lowest BCUT2D eigenvalue weighted by Gasteiger charge is -2.36. The fourth-order valence-electron chi connectivity index (χ4n) is 3.90. The lowest BCUT2D eigenvalue weighted by molar-refractivity contribution is -0.136. The molecule has 0 unspecified atom stereocenters. The van der Waals surface area contributed by atoms with Crippen LogP contribution in [0.3, 0.4) is 0 Å². The molecule has 27 heavy (non-hydrogen) atoms. The Kier molecular flexibility index (Phi) is 5.25. The number of nitrogens with one attached hydrogen (secondary N) is 2. The van der Waals surface area contributed by atoms with Crippen LogP contribution in [-0.2, 0) is 9.59 Å². The molecule has 1 saturated heterocycles. The number of nitrogens with zero attached hydrogens (tertiary/aromatic N) is 1. The van der Waals surface area contributed by atoms with Crippen molar-refractivity contribution < 1.29 is 23.9 Å². The van der Waals surface area contributed by atoms with Crippen molar-refractivity contribution in [2.75, 3.05) is 26.1 Å². The van der Waals surface area contributed by atoms with Crippen LogP contribution in [0.2, 0.25) is 0 Å². The van der Waals surface area contributed by atoms with Crippen LogP contribution in [0.25, 0.3) is 0 Å². The van der Waals surface area contributed by atoms with Crippen molar-refractivity contribution in [2.24, 2.45) is 5.92 Å². The second-order valence-electron chi connectivity index (χ2n) is 7.06. The molecule has 4 amide bonds. The summed E-state index contributed by atoms with van der Waals surface area (Å²) in [6.07, 6.45) is 3.44. The molecule has 2 aliphatic rings. The van der Waals surface area contributed by atoms with Crippen molar-refractivity contribution >= 4 is 23.5 Å². The summed E-state index contributed by atoms with van der Waals surface area (Å²) in [5, 5.41) is 5.53. The van der Waals surface area contributed by atoms with E-state index in [-0.39, 0.29) is 18.4 Å². The summed E-state index contributed by atoms with van der Waals surface area (Å²) in [5.41, 5.74) is -0.371. The molecule has 1 aromatic carbocycles. The van der Waals surface area contributed by atoms with Crippen molar-refractivity contribution in [2.45, 2.75) is 38.1 Å². The predicted octanol–water partition coefficient (Wildman–Crippen LogP) is 2.14. The normalized spacial score (nSPS) is 24.7. The first kappa shape index (κ1) is 19.0. The van der Waals surface area contributed by atoms with E-state index in [0.717, 1.165) is 24.2 Å². The molecule has 3 rings (SSSR count). The molecule has 1 aromatic rings. The highest BCUT2D eigenvalue weighted by atomic mass is 16.5. The van der Waals surface area contributed by atoms with E-state index in [0.29, 0.717) is 23.6 Å². The summed E-state index contributed by atoms with van der Waals surface area (Å²) in [4.78, 5) is 38.7. The molecule has 1 spiro atoms. The zero-order valence-corrected chi connectivity index (χ0v) is 15.8. The van der Waals surface area contributed by atoms with Gasteiger partial charge in [0.1, 0.15) is 12.1 Å². The number of carbonyl (C=O) groups excluding carboxylic acids is 3. The number of amides is 4. The minimum Gasteiger partial charge on any atom is -0.493 e. The smallest absolute Gasteiger partial charge is 0.325 e. The third kappa shape index (κ3) is 3.43. The molecule has 2 N–H and O–H groups in total. The topological polar surface area (TPSA) is 97.0 Å². The van der Waals surface area contributed by atoms with Crippen molar-refractivity contribution in [1.82, 2.24) is 10.2 Å². The number of carbonyl (C=O) groups is 3. The minimum absolute atomic E-state index is 0.0570. The van der Waals surface area contributed by atoms with Gasteiger partial charge in [-0.15, -0.1) is 0 Å². The van der Waals surface area contributed by atoms with E-state index < -0.39 is 17.5 Å². The highest BCUT2D eigenvalue weighted by Crippen LogP contribution is 2.38. The number of benzene rings is 1. The molecular formula is C19H25N3O5. The summed E-state index contributed by atoms with van der Waals surface area (Å²) >= 11 is 0. The molecule has 2 atom stereocenters. The second-order valence-corrected chi connectivity index (χ2v) is 7.06. The Morgan fingerprint density at radius 2 is 2.00 bits per heavy atom. The van der Waals surface area contributed by atoms with Gasteiger partial charge >= 0.3 is 6.03 Å². The largest absolute Gasteiger partial charge is 0.493 e. The van der Waals surface area contributed by atoms with Crippen LogP contribution >= 0.6 is 0 Å². The monoisotopic (exact) mass is 375 g/mol. The summed E-state index contributed by atoms with van der Waals surface area (Å²) < 4.78 is 10.4. The molecule has 1 saturated carbocycles. The van der Waals surface area contributed by atoms with Gasteiger partial charge in [0, 0.05) is 11.8 Å². The van der Waals surface area contributed by atoms with Gasteiger partial charge in [0.05, 0.1) is 14.2 Å². The number of rotatable bonds is 5. The Morgan fingerprint density at radius 1 is 1.26 bits per heavy atom. The van der Waals surface area contributed by atoms with Gasteiger partial charge in [-0.05, 0) is 30.9 Å². The van der Waals surface area contributed by atoms with Crippen LogP contribution in [0.15, 0.2) is 18.2 Å². The Hall–Kier alpha value is -2.77. The van der Waals surface area contributed by atoms with Gasteiger partial charge < -0.3 is 20.1 Å². The standard InChI is InChI=1S/C19H25N3O5/c1-12-6-4-5-9-19(12)17(24)22(18(25)21-19)11-16(23)20-13-7-8-14(26-2)15(10-13)27-3/h7-8,10,12H,4-6,9,11H2,1-3H3,(H,20,23)(H,21,25)/t12-,19+/m1/s1. The molecule has 8 heteroatoms. The molecular weight excluding hydrogens is 350 g/mol. The van der Waals surface area contributed by atoms with E-state index in [9.17, 15) is 14.4 Å². The fraction of sp³-hybridized carbons (Fsp3) is 0.526. The Morgan fingerprint density at radius 3 is 2.67 bits per heavy atom. The average molecular weight is 375 g/mol. The van der Waals surface area contributed by atoms with Crippen molar-refractivity contribution in [3.05, 3.63) is 18.2 Å². The summed E-state index contributed by atoms with van der Waals surface area (Å²) in [6.45, 7) is 1.65. The number of urea groups is 1. The molecule has 1 aliphatic carbocycles. The third-order valence-electron chi connectivity index (χ3n) is 5.47. The lowest BCUT2D eigenvalue weighted by atomic mass is 9.73. The average Bonchev–Trinajstić information content (AvgIpc) is 2.89. The van der Waals surface area contributed by atoms with E-state index in [1.807, 2.05) is 6.92 Å². The van der Waals surface area contributed by atoms with Crippen LogP contribution in [0.5, 0.6) is 11.5 Å². The molecule has 0 bridgehead atoms. The Balaban J connectivity index is 1.69. The van der Waals surface area contributed by atoms with Gasteiger partial charge in [-0.2, -0.15) is 0 Å². The molecule has 0 radical (unpaired) electrons. The molecule has 1 heterocycles. The predicted molar refractivity (Wildman–Crippen MR) is 98.8 cm³/mol. The zero-order chi connectivity index (χ0) is 19.6. The van der Waals surface area contributed by atoms with Crippen LogP contribution < -0.4 is 20.1 Å². The van der Waals surface area contributed by atoms with Crippen molar-refractivity contribution in [1.29, 1.82) is 0 Å². The van der Waals surface area contributed by atoms with Crippen LogP contribution in [-0.4, -0.2) is 49.0 Å². The fourth-order valence-corrected chi connectivity index (χ4v) is 3.90. The number of anilines is 1. The van der Waals surface area contributed by atoms with Crippen molar-refractivity contribution in [3.8, 4) is 11.5 Å². The molecule has 1 aliphatic heterocycles. The van der Waals surface area contributed by atoms with Gasteiger partial charge in [0.15, 0.2) is 11.5 Å². The Labute approximate surface area is 158 Å². The van der Waals surface area contributed by atoms with Crippen molar-refractivity contribution in [3.63, 3.8) is 0 Å². The third-order valence-corrected chi connectivity index (χ3v) is 5.47. The maximum absolute atomic E-state index is 12.9. The molecule has 8 nitrogen and oxygen atoms in total. The lowest BCUT2D eigenvalue weighted by Crippen LogP contribution is -2.54. The molecule has 2 fully saturated rings. The number of hydrogen-bond donors (Lipinski definition) is 2. The van der Waals surface area contributed by atoms with Crippen LogP contribution in [0, 0.1) is 5.92 Å². The first-order chi connectivity index (χ1) is 12.9. The number of methoxy groups -OCH3 is 2. The maximum atomic E-state index is 12.9. The van der Waals surface area contributed by atoms with E-state index in [1.165, 1.54) is 14.2 Å². The molecule has 146 valence electrons.